The molecule has 1 aliphatic rings. The quantitative estimate of drug-likeness (QED) is 0.615. The Morgan fingerprint density at radius 2 is 1.70 bits per heavy atom. The molecule has 30 heavy (non-hydrogen) atoms. The first kappa shape index (κ1) is 22.2. The molecule has 1 saturated heterocycles. The van der Waals surface area contributed by atoms with Crippen LogP contribution >= 0.6 is 11.6 Å². The highest BCUT2D eigenvalue weighted by atomic mass is 35.5. The number of rotatable bonds is 3. The molecular weight excluding hydrogens is 436 g/mol. The smallest absolute Gasteiger partial charge is 0.357 e. The van der Waals surface area contributed by atoms with Crippen LogP contribution in [0, 0.1) is 5.92 Å². The number of anilines is 2. The molecular formula is C19H16ClF6N3O. The predicted octanol–water partition coefficient (Wildman–Crippen LogP) is 5.63. The molecule has 162 valence electrons. The molecule has 1 aromatic carbocycles. The zero-order valence-corrected chi connectivity index (χ0v) is 16.1. The van der Waals surface area contributed by atoms with Crippen LogP contribution in [-0.4, -0.2) is 24.0 Å². The Labute approximate surface area is 172 Å². The molecule has 0 atom stereocenters. The van der Waals surface area contributed by atoms with Crippen LogP contribution in [0.3, 0.4) is 0 Å². The van der Waals surface area contributed by atoms with Crippen molar-refractivity contribution in [3.63, 3.8) is 0 Å². The fourth-order valence-electron chi connectivity index (χ4n) is 3.18. The Morgan fingerprint density at radius 1 is 1.03 bits per heavy atom. The van der Waals surface area contributed by atoms with Gasteiger partial charge in [0.2, 0.25) is 5.91 Å². The maximum absolute atomic E-state index is 12.9. The molecule has 2 aromatic rings. The van der Waals surface area contributed by atoms with Crippen LogP contribution in [0.25, 0.3) is 0 Å². The van der Waals surface area contributed by atoms with Crippen LogP contribution in [0.15, 0.2) is 36.5 Å². The van der Waals surface area contributed by atoms with Gasteiger partial charge >= 0.3 is 12.4 Å². The van der Waals surface area contributed by atoms with Gasteiger partial charge in [0.05, 0.1) is 16.1 Å². The zero-order valence-electron chi connectivity index (χ0n) is 15.3. The fourth-order valence-corrected chi connectivity index (χ4v) is 3.40. The summed E-state index contributed by atoms with van der Waals surface area (Å²) in [5, 5.41) is 2.01. The molecule has 0 saturated carbocycles. The normalized spacial score (nSPS) is 15.9. The number of amides is 1. The molecule has 1 fully saturated rings. The number of halogens is 7. The highest BCUT2D eigenvalue weighted by molar-refractivity contribution is 6.31. The Morgan fingerprint density at radius 3 is 2.23 bits per heavy atom. The minimum Gasteiger partial charge on any atom is -0.357 e. The SMILES string of the molecule is O=C(Nc1ccc(Cl)c(C(F)(F)F)c1)C1CCN(c2ccc(C(F)(F)F)cn2)CC1. The molecule has 2 heterocycles. The van der Waals surface area contributed by atoms with Crippen molar-refractivity contribution in [1.29, 1.82) is 0 Å². The zero-order chi connectivity index (χ0) is 22.1. The Balaban J connectivity index is 1.59. The summed E-state index contributed by atoms with van der Waals surface area (Å²) in [5.74, 6) is -0.499. The summed E-state index contributed by atoms with van der Waals surface area (Å²) in [6.45, 7) is 0.760. The second kappa shape index (κ2) is 8.33. The van der Waals surface area contributed by atoms with Gasteiger partial charge in [0.1, 0.15) is 5.82 Å². The summed E-state index contributed by atoms with van der Waals surface area (Å²) in [5.41, 5.74) is -1.89. The first-order valence-electron chi connectivity index (χ1n) is 8.91. The van der Waals surface area contributed by atoms with E-state index >= 15 is 0 Å². The van der Waals surface area contributed by atoms with E-state index in [-0.39, 0.29) is 5.69 Å². The van der Waals surface area contributed by atoms with E-state index in [9.17, 15) is 31.1 Å². The van der Waals surface area contributed by atoms with Crippen molar-refractivity contribution < 1.29 is 31.1 Å². The number of hydrogen-bond donors (Lipinski definition) is 1. The van der Waals surface area contributed by atoms with Gasteiger partial charge in [0, 0.05) is 30.9 Å². The molecule has 0 aliphatic carbocycles. The van der Waals surface area contributed by atoms with Crippen LogP contribution in [0.4, 0.5) is 37.8 Å². The summed E-state index contributed by atoms with van der Waals surface area (Å²) < 4.78 is 76.7. The van der Waals surface area contributed by atoms with Gasteiger partial charge in [-0.1, -0.05) is 11.6 Å². The number of piperidine rings is 1. The molecule has 1 aliphatic heterocycles. The summed E-state index contributed by atoms with van der Waals surface area (Å²) in [7, 11) is 0. The lowest BCUT2D eigenvalue weighted by atomic mass is 9.95. The maximum Gasteiger partial charge on any atom is 0.417 e. The van der Waals surface area contributed by atoms with Crippen molar-refractivity contribution in [2.75, 3.05) is 23.3 Å². The molecule has 4 nitrogen and oxygen atoms in total. The third-order valence-electron chi connectivity index (χ3n) is 4.80. The van der Waals surface area contributed by atoms with Gasteiger partial charge in [-0.05, 0) is 43.2 Å². The molecule has 3 rings (SSSR count). The average Bonchev–Trinajstić information content (AvgIpc) is 2.68. The number of pyridine rings is 1. The lowest BCUT2D eigenvalue weighted by Gasteiger charge is -2.32. The predicted molar refractivity (Wildman–Crippen MR) is 99.3 cm³/mol. The van der Waals surface area contributed by atoms with Gasteiger partial charge in [-0.15, -0.1) is 0 Å². The highest BCUT2D eigenvalue weighted by Crippen LogP contribution is 2.36. The lowest BCUT2D eigenvalue weighted by Crippen LogP contribution is -2.38. The third kappa shape index (κ3) is 5.16. The van der Waals surface area contributed by atoms with Gasteiger partial charge in [-0.25, -0.2) is 4.98 Å². The van der Waals surface area contributed by atoms with E-state index in [2.05, 4.69) is 10.3 Å². The maximum atomic E-state index is 12.9. The molecule has 0 radical (unpaired) electrons. The van der Waals surface area contributed by atoms with E-state index in [1.54, 1.807) is 4.90 Å². The number of aromatic nitrogens is 1. The van der Waals surface area contributed by atoms with E-state index in [1.165, 1.54) is 12.1 Å². The number of alkyl halides is 6. The van der Waals surface area contributed by atoms with Crippen molar-refractivity contribution in [2.45, 2.75) is 25.2 Å². The largest absolute Gasteiger partial charge is 0.417 e. The Kier molecular flexibility index (Phi) is 6.16. The van der Waals surface area contributed by atoms with E-state index in [0.717, 1.165) is 24.4 Å². The first-order valence-corrected chi connectivity index (χ1v) is 9.29. The third-order valence-corrected chi connectivity index (χ3v) is 5.13. The number of carbonyl (C=O) groups is 1. The van der Waals surface area contributed by atoms with Crippen LogP contribution in [0.5, 0.6) is 0 Å². The van der Waals surface area contributed by atoms with E-state index in [4.69, 9.17) is 11.6 Å². The van der Waals surface area contributed by atoms with Crippen molar-refractivity contribution in [2.24, 2.45) is 5.92 Å². The number of benzene rings is 1. The average molecular weight is 452 g/mol. The number of nitrogens with zero attached hydrogens (tertiary/aromatic N) is 2. The highest BCUT2D eigenvalue weighted by Gasteiger charge is 2.34. The minimum atomic E-state index is -4.64. The van der Waals surface area contributed by atoms with Crippen LogP contribution in [-0.2, 0) is 17.1 Å². The molecule has 11 heteroatoms. The monoisotopic (exact) mass is 451 g/mol. The van der Waals surface area contributed by atoms with Crippen LogP contribution in [0.2, 0.25) is 5.02 Å². The topological polar surface area (TPSA) is 45.2 Å². The van der Waals surface area contributed by atoms with Gasteiger partial charge in [0.15, 0.2) is 0 Å². The van der Waals surface area contributed by atoms with Crippen molar-refractivity contribution in [3.05, 3.63) is 52.7 Å². The van der Waals surface area contributed by atoms with Gasteiger partial charge in [-0.3, -0.25) is 4.79 Å². The van der Waals surface area contributed by atoms with Gasteiger partial charge in [-0.2, -0.15) is 26.3 Å². The summed E-state index contributed by atoms with van der Waals surface area (Å²) in [6, 6.07) is 5.35. The Hall–Kier alpha value is -2.49. The second-order valence-electron chi connectivity index (χ2n) is 6.85. The molecule has 1 N–H and O–H groups in total. The minimum absolute atomic E-state index is 0.0106. The molecule has 1 amide bonds. The molecule has 0 bridgehead atoms. The van der Waals surface area contributed by atoms with Crippen molar-refractivity contribution in [3.8, 4) is 0 Å². The van der Waals surface area contributed by atoms with Crippen molar-refractivity contribution in [1.82, 2.24) is 4.98 Å². The van der Waals surface area contributed by atoms with Crippen LogP contribution in [0.1, 0.15) is 24.0 Å². The molecule has 0 spiro atoms. The van der Waals surface area contributed by atoms with E-state index in [1.807, 2.05) is 0 Å². The van der Waals surface area contributed by atoms with E-state index < -0.39 is 40.3 Å². The summed E-state index contributed by atoms with van der Waals surface area (Å²) in [4.78, 5) is 18.0. The number of hydrogen-bond acceptors (Lipinski definition) is 3. The first-order chi connectivity index (χ1) is 13.9. The van der Waals surface area contributed by atoms with Gasteiger partial charge < -0.3 is 10.2 Å². The van der Waals surface area contributed by atoms with Gasteiger partial charge in [0.25, 0.3) is 0 Å². The van der Waals surface area contributed by atoms with Crippen molar-refractivity contribution >= 4 is 29.0 Å². The Bertz CT molecular complexity index is 906. The standard InChI is InChI=1S/C19H16ClF6N3O/c20-15-3-2-13(9-14(15)19(24,25)26)28-17(30)11-5-7-29(8-6-11)16-4-1-12(10-27-16)18(21,22)23/h1-4,9-11H,5-8H2,(H,28,30). The number of carbonyl (C=O) groups excluding carboxylic acids is 1. The summed E-state index contributed by atoms with van der Waals surface area (Å²) >= 11 is 5.57. The second-order valence-corrected chi connectivity index (χ2v) is 7.25. The fraction of sp³-hybridized carbons (Fsp3) is 0.368. The van der Waals surface area contributed by atoms with Crippen LogP contribution < -0.4 is 10.2 Å². The lowest BCUT2D eigenvalue weighted by molar-refractivity contribution is -0.138. The molecule has 0 unspecified atom stereocenters. The number of nitrogens with one attached hydrogen (secondary N) is 1. The summed E-state index contributed by atoms with van der Waals surface area (Å²) in [6.07, 6.45) is -7.59. The molecule has 1 aromatic heterocycles. The van der Waals surface area contributed by atoms with E-state index in [0.29, 0.717) is 31.7 Å².